The quantitative estimate of drug-likeness (QED) is 0.692. The highest BCUT2D eigenvalue weighted by atomic mass is 79.9. The summed E-state index contributed by atoms with van der Waals surface area (Å²) in [6, 6.07) is 5.69. The van der Waals surface area contributed by atoms with Gasteiger partial charge in [-0.15, -0.1) is 0 Å². The highest BCUT2D eigenvalue weighted by molar-refractivity contribution is 9.11. The number of aliphatic hydroxyl groups is 2. The summed E-state index contributed by atoms with van der Waals surface area (Å²) in [5.41, 5.74) is -0.333. The number of nitrogens with zero attached hydrogens (tertiary/aromatic N) is 1. The van der Waals surface area contributed by atoms with Gasteiger partial charge >= 0.3 is 0 Å². The minimum absolute atomic E-state index is 0.166. The number of piperidine rings is 1. The highest BCUT2D eigenvalue weighted by Gasteiger charge is 2.45. The second-order valence-corrected chi connectivity index (χ2v) is 9.61. The van der Waals surface area contributed by atoms with Gasteiger partial charge in [0.25, 0.3) is 0 Å². The molecular weight excluding hydrogens is 438 g/mol. The third kappa shape index (κ3) is 4.94. The van der Waals surface area contributed by atoms with E-state index in [1.54, 1.807) is 0 Å². The van der Waals surface area contributed by atoms with Crippen molar-refractivity contribution in [3.63, 3.8) is 0 Å². The minimum Gasteiger partial charge on any atom is -0.490 e. The van der Waals surface area contributed by atoms with Crippen molar-refractivity contribution >= 4 is 31.9 Å². The molecule has 0 radical (unpaired) electrons. The number of benzene rings is 1. The first-order chi connectivity index (χ1) is 11.0. The summed E-state index contributed by atoms with van der Waals surface area (Å²) in [4.78, 5) is 2.29. The van der Waals surface area contributed by atoms with Gasteiger partial charge in [0.15, 0.2) is 0 Å². The predicted octanol–water partition coefficient (Wildman–Crippen LogP) is 3.97. The highest BCUT2D eigenvalue weighted by Crippen LogP contribution is 2.38. The third-order valence-electron chi connectivity index (χ3n) is 4.65. The second-order valence-electron chi connectivity index (χ2n) is 7.84. The van der Waals surface area contributed by atoms with Gasteiger partial charge in [0.1, 0.15) is 18.5 Å². The summed E-state index contributed by atoms with van der Waals surface area (Å²) < 4.78 is 7.58. The average molecular weight is 465 g/mol. The van der Waals surface area contributed by atoms with Crippen LogP contribution in [0, 0.1) is 0 Å². The molecular formula is C18H27Br2NO3. The van der Waals surface area contributed by atoms with Gasteiger partial charge in [-0.2, -0.15) is 0 Å². The topological polar surface area (TPSA) is 52.9 Å². The Bertz CT molecular complexity index is 559. The summed E-state index contributed by atoms with van der Waals surface area (Å²) in [6.07, 6.45) is 0.526. The molecule has 1 aliphatic rings. The van der Waals surface area contributed by atoms with Crippen LogP contribution < -0.4 is 4.74 Å². The summed E-state index contributed by atoms with van der Waals surface area (Å²) in [7, 11) is 0. The Morgan fingerprint density at radius 1 is 1.21 bits per heavy atom. The molecule has 0 unspecified atom stereocenters. The Balaban J connectivity index is 1.99. The van der Waals surface area contributed by atoms with Crippen molar-refractivity contribution < 1.29 is 14.9 Å². The molecule has 4 nitrogen and oxygen atoms in total. The van der Waals surface area contributed by atoms with Crippen LogP contribution >= 0.6 is 31.9 Å². The van der Waals surface area contributed by atoms with Crippen LogP contribution in [0.2, 0.25) is 0 Å². The fourth-order valence-electron chi connectivity index (χ4n) is 3.80. The van der Waals surface area contributed by atoms with E-state index in [1.165, 1.54) is 0 Å². The van der Waals surface area contributed by atoms with Gasteiger partial charge in [-0.05, 0) is 74.7 Å². The zero-order chi connectivity index (χ0) is 18.1. The lowest BCUT2D eigenvalue weighted by molar-refractivity contribution is -0.1000. The molecule has 1 atom stereocenters. The maximum absolute atomic E-state index is 10.5. The molecule has 24 heavy (non-hydrogen) atoms. The molecule has 0 saturated carbocycles. The number of rotatable bonds is 5. The lowest BCUT2D eigenvalue weighted by Gasteiger charge is -2.54. The average Bonchev–Trinajstić information content (AvgIpc) is 2.40. The van der Waals surface area contributed by atoms with Crippen molar-refractivity contribution in [2.45, 2.75) is 63.8 Å². The van der Waals surface area contributed by atoms with Gasteiger partial charge < -0.3 is 14.9 Å². The molecule has 2 rings (SSSR count). The van der Waals surface area contributed by atoms with Gasteiger partial charge in [0.2, 0.25) is 0 Å². The lowest BCUT2D eigenvalue weighted by Crippen LogP contribution is -2.63. The van der Waals surface area contributed by atoms with Gasteiger partial charge in [-0.25, -0.2) is 0 Å². The van der Waals surface area contributed by atoms with Crippen LogP contribution in [-0.4, -0.2) is 51.6 Å². The molecule has 2 N–H and O–H groups in total. The van der Waals surface area contributed by atoms with E-state index in [9.17, 15) is 10.2 Å². The predicted molar refractivity (Wildman–Crippen MR) is 103 cm³/mol. The van der Waals surface area contributed by atoms with E-state index >= 15 is 0 Å². The summed E-state index contributed by atoms with van der Waals surface area (Å²) in [5, 5.41) is 20.6. The molecule has 1 aliphatic heterocycles. The number of aliphatic hydroxyl groups excluding tert-OH is 2. The second kappa shape index (κ2) is 7.62. The molecule has 0 aliphatic carbocycles. The summed E-state index contributed by atoms with van der Waals surface area (Å²) in [5.74, 6) is 0.713. The fraction of sp³-hybridized carbons (Fsp3) is 0.667. The number of likely N-dealkylation sites (tertiary alicyclic amines) is 1. The maximum Gasteiger partial charge on any atom is 0.133 e. The molecule has 1 heterocycles. The number of hydrogen-bond donors (Lipinski definition) is 2. The Labute approximate surface area is 161 Å². The van der Waals surface area contributed by atoms with E-state index in [4.69, 9.17) is 4.74 Å². The van der Waals surface area contributed by atoms with Crippen LogP contribution in [0.3, 0.4) is 0 Å². The molecule has 1 aromatic carbocycles. The van der Waals surface area contributed by atoms with Crippen molar-refractivity contribution in [1.29, 1.82) is 0 Å². The van der Waals surface area contributed by atoms with Crippen molar-refractivity contribution in [3.8, 4) is 5.75 Å². The van der Waals surface area contributed by atoms with Gasteiger partial charge in [-0.1, -0.05) is 15.9 Å². The molecule has 0 bridgehead atoms. The zero-order valence-electron chi connectivity index (χ0n) is 14.7. The number of ether oxygens (including phenoxy) is 1. The monoisotopic (exact) mass is 463 g/mol. The first-order valence-electron chi connectivity index (χ1n) is 8.23. The first kappa shape index (κ1) is 20.2. The van der Waals surface area contributed by atoms with E-state index in [-0.39, 0.29) is 23.8 Å². The molecule has 6 heteroatoms. The summed E-state index contributed by atoms with van der Waals surface area (Å²) in [6.45, 7) is 9.23. The molecule has 1 saturated heterocycles. The van der Waals surface area contributed by atoms with E-state index < -0.39 is 6.10 Å². The van der Waals surface area contributed by atoms with Gasteiger partial charge in [0, 0.05) is 22.1 Å². The molecule has 1 aromatic rings. The van der Waals surface area contributed by atoms with E-state index in [2.05, 4.69) is 64.5 Å². The normalized spacial score (nSPS) is 22.3. The minimum atomic E-state index is -0.602. The first-order valence-corrected chi connectivity index (χ1v) is 9.81. The molecule has 0 aromatic heterocycles. The number of β-amino-alcohol motifs (C(OH)–C–C–N with tert-alkyl or cyclic N) is 1. The van der Waals surface area contributed by atoms with Gasteiger partial charge in [-0.3, -0.25) is 4.90 Å². The Hall–Kier alpha value is -0.140. The van der Waals surface area contributed by atoms with Crippen LogP contribution in [0.25, 0.3) is 0 Å². The van der Waals surface area contributed by atoms with E-state index in [1.807, 2.05) is 18.2 Å². The third-order valence-corrected chi connectivity index (χ3v) is 5.76. The zero-order valence-corrected chi connectivity index (χ0v) is 17.9. The maximum atomic E-state index is 10.5. The number of halogens is 2. The van der Waals surface area contributed by atoms with Crippen LogP contribution in [-0.2, 0) is 0 Å². The Kier molecular flexibility index (Phi) is 6.41. The Morgan fingerprint density at radius 3 is 2.33 bits per heavy atom. The van der Waals surface area contributed by atoms with Crippen molar-refractivity contribution in [3.05, 3.63) is 27.1 Å². The van der Waals surface area contributed by atoms with Gasteiger partial charge in [0.05, 0.1) is 10.6 Å². The van der Waals surface area contributed by atoms with Crippen LogP contribution in [0.1, 0.15) is 40.5 Å². The number of hydrogen-bond acceptors (Lipinski definition) is 4. The standard InChI is InChI=1S/C18H27Br2NO3/c1-17(2)8-13(22)9-18(3,4)21(17)10-14(23)11-24-16-6-5-12(19)7-15(16)20/h5-7,13-14,22-23H,8-11H2,1-4H3/t14-/m1/s1. The Morgan fingerprint density at radius 2 is 1.79 bits per heavy atom. The van der Waals surface area contributed by atoms with Crippen LogP contribution in [0.15, 0.2) is 27.1 Å². The van der Waals surface area contributed by atoms with Crippen molar-refractivity contribution in [2.75, 3.05) is 13.2 Å². The summed E-state index contributed by atoms with van der Waals surface area (Å²) >= 11 is 6.87. The van der Waals surface area contributed by atoms with Crippen LogP contribution in [0.5, 0.6) is 5.75 Å². The molecule has 136 valence electrons. The van der Waals surface area contributed by atoms with E-state index in [0.29, 0.717) is 25.1 Å². The van der Waals surface area contributed by atoms with E-state index in [0.717, 1.165) is 8.95 Å². The van der Waals surface area contributed by atoms with Crippen molar-refractivity contribution in [1.82, 2.24) is 4.90 Å². The van der Waals surface area contributed by atoms with Crippen LogP contribution in [0.4, 0.5) is 0 Å². The molecule has 1 fully saturated rings. The largest absolute Gasteiger partial charge is 0.490 e. The molecule has 0 amide bonds. The lowest BCUT2D eigenvalue weighted by atomic mass is 9.78. The fourth-order valence-corrected chi connectivity index (χ4v) is 4.96. The smallest absolute Gasteiger partial charge is 0.133 e. The van der Waals surface area contributed by atoms with Crippen molar-refractivity contribution in [2.24, 2.45) is 0 Å². The SMILES string of the molecule is CC1(C)CC(O)CC(C)(C)N1C[C@@H](O)COc1ccc(Br)cc1Br. The molecule has 0 spiro atoms.